The first kappa shape index (κ1) is 13.4. The molecule has 0 radical (unpaired) electrons. The van der Waals surface area contributed by atoms with Gasteiger partial charge in [-0.2, -0.15) is 0 Å². The van der Waals surface area contributed by atoms with Gasteiger partial charge in [0.2, 0.25) is 0 Å². The highest BCUT2D eigenvalue weighted by molar-refractivity contribution is 4.91. The normalized spacial score (nSPS) is 25.2. The van der Waals surface area contributed by atoms with Crippen LogP contribution in [0.5, 0.6) is 0 Å². The topological polar surface area (TPSA) is 0 Å². The minimum atomic E-state index is 0.808. The lowest BCUT2D eigenvalue weighted by Crippen LogP contribution is -2.31. The predicted octanol–water partition coefficient (Wildman–Crippen LogP) is 6.10. The van der Waals surface area contributed by atoms with Crippen LogP contribution in [0.25, 0.3) is 0 Å². The molecule has 0 aromatic rings. The second-order valence-corrected chi connectivity index (χ2v) is 6.72. The van der Waals surface area contributed by atoms with Crippen LogP contribution < -0.4 is 0 Å². The molecule has 0 N–H and O–H groups in total. The summed E-state index contributed by atoms with van der Waals surface area (Å²) in [7, 11) is 0. The van der Waals surface area contributed by atoms with E-state index >= 15 is 0 Å². The molecule has 2 fully saturated rings. The highest BCUT2D eigenvalue weighted by Gasteiger charge is 2.39. The summed E-state index contributed by atoms with van der Waals surface area (Å²) in [6.07, 6.45) is 21.3. The molecule has 0 spiro atoms. The van der Waals surface area contributed by atoms with Crippen molar-refractivity contribution < 1.29 is 0 Å². The van der Waals surface area contributed by atoms with E-state index in [1.165, 1.54) is 57.8 Å². The first-order valence-corrected chi connectivity index (χ1v) is 8.37. The van der Waals surface area contributed by atoms with Crippen molar-refractivity contribution in [2.45, 2.75) is 96.8 Å². The van der Waals surface area contributed by atoms with Crippen molar-refractivity contribution >= 4 is 0 Å². The van der Waals surface area contributed by atoms with Gasteiger partial charge in [-0.3, -0.25) is 0 Å². The first-order valence-electron chi connectivity index (χ1n) is 8.37. The lowest BCUT2D eigenvalue weighted by Gasteiger charge is -2.43. The Kier molecular flexibility index (Phi) is 5.38. The van der Waals surface area contributed by atoms with Crippen LogP contribution in [0.15, 0.2) is 0 Å². The smallest absolute Gasteiger partial charge is 0.0269 e. The van der Waals surface area contributed by atoms with Gasteiger partial charge in [0.05, 0.1) is 0 Å². The summed E-state index contributed by atoms with van der Waals surface area (Å²) >= 11 is 0. The van der Waals surface area contributed by atoms with Gasteiger partial charge in [-0.25, -0.2) is 0 Å². The molecule has 0 saturated heterocycles. The molecule has 0 amide bonds. The molecule has 0 aromatic heterocycles. The van der Waals surface area contributed by atoms with E-state index in [2.05, 4.69) is 6.92 Å². The Hall–Kier alpha value is 0. The minimum Gasteiger partial charge on any atom is -0.0654 e. The van der Waals surface area contributed by atoms with Crippen LogP contribution >= 0.6 is 0 Å². The molecule has 2 saturated carbocycles. The largest absolute Gasteiger partial charge is 0.0654 e. The van der Waals surface area contributed by atoms with Crippen molar-refractivity contribution in [1.82, 2.24) is 0 Å². The average molecular weight is 236 g/mol. The summed E-state index contributed by atoms with van der Waals surface area (Å²) in [6.45, 7) is 2.33. The second kappa shape index (κ2) is 6.81. The highest BCUT2D eigenvalue weighted by Crippen LogP contribution is 2.52. The van der Waals surface area contributed by atoms with E-state index in [0.29, 0.717) is 0 Å². The minimum absolute atomic E-state index is 0.808. The monoisotopic (exact) mass is 236 g/mol. The Bertz CT molecular complexity index is 194. The summed E-state index contributed by atoms with van der Waals surface area (Å²) in [6, 6.07) is 0. The maximum atomic E-state index is 2.33. The zero-order chi connectivity index (χ0) is 12.0. The summed E-state index contributed by atoms with van der Waals surface area (Å²) < 4.78 is 0. The van der Waals surface area contributed by atoms with Gasteiger partial charge in [-0.15, -0.1) is 0 Å². The fourth-order valence-electron chi connectivity index (χ4n) is 4.56. The summed E-state index contributed by atoms with van der Waals surface area (Å²) in [5, 5.41) is 0. The third-order valence-electron chi connectivity index (χ3n) is 5.60. The van der Waals surface area contributed by atoms with Crippen LogP contribution in [0.4, 0.5) is 0 Å². The van der Waals surface area contributed by atoms with E-state index in [1.807, 2.05) is 0 Å². The standard InChI is InChI=1S/C17H32/c1-2-3-4-8-13-17(14-9-5-10-15-17)16-11-6-7-12-16/h16H,2-15H2,1H3. The Labute approximate surface area is 109 Å². The molecule has 0 heterocycles. The van der Waals surface area contributed by atoms with Crippen molar-refractivity contribution in [1.29, 1.82) is 0 Å². The first-order chi connectivity index (χ1) is 8.37. The van der Waals surface area contributed by atoms with Crippen LogP contribution in [0, 0.1) is 11.3 Å². The van der Waals surface area contributed by atoms with Gasteiger partial charge < -0.3 is 0 Å². The molecule has 2 aliphatic rings. The molecule has 0 heteroatoms. The van der Waals surface area contributed by atoms with E-state index in [1.54, 1.807) is 32.1 Å². The van der Waals surface area contributed by atoms with Gasteiger partial charge in [-0.1, -0.05) is 64.7 Å². The summed E-state index contributed by atoms with van der Waals surface area (Å²) in [5.74, 6) is 1.12. The van der Waals surface area contributed by atoms with Gasteiger partial charge in [-0.05, 0) is 43.4 Å². The van der Waals surface area contributed by atoms with Crippen LogP contribution in [0.2, 0.25) is 0 Å². The fraction of sp³-hybridized carbons (Fsp3) is 1.00. The Morgan fingerprint density at radius 1 is 0.824 bits per heavy atom. The lowest BCUT2D eigenvalue weighted by molar-refractivity contribution is 0.0833. The molecule has 17 heavy (non-hydrogen) atoms. The van der Waals surface area contributed by atoms with E-state index in [-0.39, 0.29) is 0 Å². The van der Waals surface area contributed by atoms with Gasteiger partial charge in [0, 0.05) is 0 Å². The molecule has 0 aliphatic heterocycles. The second-order valence-electron chi connectivity index (χ2n) is 6.72. The van der Waals surface area contributed by atoms with Crippen molar-refractivity contribution in [3.05, 3.63) is 0 Å². The molecule has 0 atom stereocenters. The van der Waals surface area contributed by atoms with Gasteiger partial charge in [0.15, 0.2) is 0 Å². The Morgan fingerprint density at radius 3 is 2.18 bits per heavy atom. The molecule has 0 nitrogen and oxygen atoms in total. The van der Waals surface area contributed by atoms with Crippen LogP contribution in [-0.2, 0) is 0 Å². The van der Waals surface area contributed by atoms with Gasteiger partial charge >= 0.3 is 0 Å². The van der Waals surface area contributed by atoms with E-state index < -0.39 is 0 Å². The fourth-order valence-corrected chi connectivity index (χ4v) is 4.56. The third-order valence-corrected chi connectivity index (χ3v) is 5.60. The quantitative estimate of drug-likeness (QED) is 0.489. The molecule has 2 rings (SSSR count). The Morgan fingerprint density at radius 2 is 1.53 bits per heavy atom. The predicted molar refractivity (Wildman–Crippen MR) is 76.2 cm³/mol. The summed E-state index contributed by atoms with van der Waals surface area (Å²) in [5.41, 5.74) is 0.808. The highest BCUT2D eigenvalue weighted by atomic mass is 14.4. The van der Waals surface area contributed by atoms with Crippen LogP contribution in [0.1, 0.15) is 96.8 Å². The van der Waals surface area contributed by atoms with E-state index in [9.17, 15) is 0 Å². The number of unbranched alkanes of at least 4 members (excludes halogenated alkanes) is 3. The maximum Gasteiger partial charge on any atom is -0.0269 e. The van der Waals surface area contributed by atoms with E-state index in [0.717, 1.165) is 11.3 Å². The van der Waals surface area contributed by atoms with Crippen molar-refractivity contribution in [2.75, 3.05) is 0 Å². The maximum absolute atomic E-state index is 2.33. The van der Waals surface area contributed by atoms with Crippen LogP contribution in [-0.4, -0.2) is 0 Å². The zero-order valence-corrected chi connectivity index (χ0v) is 12.0. The van der Waals surface area contributed by atoms with E-state index in [4.69, 9.17) is 0 Å². The molecular weight excluding hydrogens is 204 g/mol. The average Bonchev–Trinajstić information content (AvgIpc) is 2.90. The molecule has 0 aromatic carbocycles. The van der Waals surface area contributed by atoms with Crippen LogP contribution in [0.3, 0.4) is 0 Å². The van der Waals surface area contributed by atoms with Crippen molar-refractivity contribution in [3.8, 4) is 0 Å². The zero-order valence-electron chi connectivity index (χ0n) is 12.0. The van der Waals surface area contributed by atoms with Gasteiger partial charge in [0.1, 0.15) is 0 Å². The third kappa shape index (κ3) is 3.48. The Balaban J connectivity index is 1.86. The number of hydrogen-bond acceptors (Lipinski definition) is 0. The molecule has 0 unspecified atom stereocenters. The lowest BCUT2D eigenvalue weighted by atomic mass is 9.62. The summed E-state index contributed by atoms with van der Waals surface area (Å²) in [4.78, 5) is 0. The molecule has 2 aliphatic carbocycles. The molecule has 100 valence electrons. The van der Waals surface area contributed by atoms with Gasteiger partial charge in [0.25, 0.3) is 0 Å². The van der Waals surface area contributed by atoms with Crippen molar-refractivity contribution in [3.63, 3.8) is 0 Å². The van der Waals surface area contributed by atoms with Crippen molar-refractivity contribution in [2.24, 2.45) is 11.3 Å². The molecule has 0 bridgehead atoms. The number of hydrogen-bond donors (Lipinski definition) is 0. The number of rotatable bonds is 6. The SMILES string of the molecule is CCCCCCC1(C2CCCC2)CCCCC1. The molecular formula is C17H32.